The van der Waals surface area contributed by atoms with Gasteiger partial charge in [0.1, 0.15) is 0 Å². The molecule has 226 valence electrons. The maximum atomic E-state index is 14.4. The normalized spacial score (nSPS) is 17.3. The third-order valence-corrected chi connectivity index (χ3v) is 8.25. The first-order valence-electron chi connectivity index (χ1n) is 14.8. The van der Waals surface area contributed by atoms with Crippen molar-refractivity contribution >= 4 is 17.7 Å². The molecule has 44 heavy (non-hydrogen) atoms. The Morgan fingerprint density at radius 2 is 0.977 bits per heavy atom. The zero-order chi connectivity index (χ0) is 30.9. The Kier molecular flexibility index (Phi) is 9.76. The third kappa shape index (κ3) is 7.18. The lowest BCUT2D eigenvalue weighted by atomic mass is 9.93. The summed E-state index contributed by atoms with van der Waals surface area (Å²) >= 11 is 0. The summed E-state index contributed by atoms with van der Waals surface area (Å²) in [5.41, 5.74) is 17.2. The second-order valence-electron chi connectivity index (χ2n) is 11.1. The molecule has 0 saturated carbocycles. The van der Waals surface area contributed by atoms with Gasteiger partial charge < -0.3 is 31.7 Å². The van der Waals surface area contributed by atoms with Crippen LogP contribution in [0.3, 0.4) is 0 Å². The molecule has 2 amide bonds. The van der Waals surface area contributed by atoms with Gasteiger partial charge in [0.15, 0.2) is 11.7 Å². The van der Waals surface area contributed by atoms with Gasteiger partial charge in [-0.15, -0.1) is 0 Å². The van der Waals surface area contributed by atoms with Gasteiger partial charge in [-0.25, -0.2) is 4.79 Å². The number of amidine groups is 2. The maximum absolute atomic E-state index is 14.4. The molecule has 0 bridgehead atoms. The van der Waals surface area contributed by atoms with Crippen molar-refractivity contribution in [3.63, 3.8) is 0 Å². The van der Waals surface area contributed by atoms with Crippen LogP contribution in [0.5, 0.6) is 0 Å². The zero-order valence-electron chi connectivity index (χ0n) is 24.5. The molecule has 1 aliphatic heterocycles. The van der Waals surface area contributed by atoms with E-state index < -0.39 is 0 Å². The third-order valence-electron chi connectivity index (χ3n) is 8.25. The van der Waals surface area contributed by atoms with Gasteiger partial charge in [0, 0.05) is 24.2 Å². The second kappa shape index (κ2) is 14.2. The van der Waals surface area contributed by atoms with Crippen molar-refractivity contribution in [1.29, 1.82) is 0 Å². The Morgan fingerprint density at radius 3 is 1.36 bits per heavy atom. The largest absolute Gasteiger partial charge is 0.409 e. The fraction of sp³-hybridized carbons (Fsp3) is 0.229. The highest BCUT2D eigenvalue weighted by atomic mass is 16.4. The Labute approximate surface area is 257 Å². The number of amides is 2. The maximum Gasteiger partial charge on any atom is 0.321 e. The molecule has 0 unspecified atom stereocenters. The summed E-state index contributed by atoms with van der Waals surface area (Å²) in [6, 6.07) is 35.4. The van der Waals surface area contributed by atoms with E-state index in [4.69, 9.17) is 11.5 Å². The van der Waals surface area contributed by atoms with Gasteiger partial charge in [-0.3, -0.25) is 0 Å². The quantitative estimate of drug-likeness (QED) is 0.0765. The van der Waals surface area contributed by atoms with Gasteiger partial charge in [-0.1, -0.05) is 107 Å². The number of carbonyl (C=O) groups is 1. The van der Waals surface area contributed by atoms with Crippen molar-refractivity contribution < 1.29 is 15.2 Å². The van der Waals surface area contributed by atoms with E-state index in [2.05, 4.69) is 34.6 Å². The molecule has 0 radical (unpaired) electrons. The molecule has 6 N–H and O–H groups in total. The fourth-order valence-corrected chi connectivity index (χ4v) is 6.02. The van der Waals surface area contributed by atoms with Gasteiger partial charge in [-0.05, 0) is 60.1 Å². The number of rotatable bonds is 12. The minimum absolute atomic E-state index is 0.0214. The smallest absolute Gasteiger partial charge is 0.321 e. The van der Waals surface area contributed by atoms with E-state index >= 15 is 0 Å². The number of carbonyl (C=O) groups excluding carboxylic acids is 1. The molecule has 9 nitrogen and oxygen atoms in total. The minimum Gasteiger partial charge on any atom is -0.409 e. The average molecular weight is 591 g/mol. The predicted molar refractivity (Wildman–Crippen MR) is 171 cm³/mol. The van der Waals surface area contributed by atoms with Crippen molar-refractivity contribution in [2.75, 3.05) is 0 Å². The fourth-order valence-electron chi connectivity index (χ4n) is 6.02. The topological polar surface area (TPSA) is 141 Å². The van der Waals surface area contributed by atoms with E-state index in [0.717, 1.165) is 36.8 Å². The molecule has 0 aromatic heterocycles. The minimum atomic E-state index is -0.0637. The van der Waals surface area contributed by atoms with Crippen LogP contribution < -0.4 is 11.5 Å². The molecule has 1 saturated heterocycles. The lowest BCUT2D eigenvalue weighted by molar-refractivity contribution is 0.180. The Morgan fingerprint density at radius 1 is 0.591 bits per heavy atom. The first-order chi connectivity index (χ1) is 21.5. The Hall–Kier alpha value is -5.31. The predicted octanol–water partition coefficient (Wildman–Crippen LogP) is 5.32. The van der Waals surface area contributed by atoms with Gasteiger partial charge in [0.2, 0.25) is 0 Å². The number of urea groups is 1. The van der Waals surface area contributed by atoms with Crippen LogP contribution in [0.25, 0.3) is 0 Å². The van der Waals surface area contributed by atoms with Crippen molar-refractivity contribution in [3.05, 3.63) is 143 Å². The summed E-state index contributed by atoms with van der Waals surface area (Å²) in [6.07, 6.45) is 3.23. The van der Waals surface area contributed by atoms with Gasteiger partial charge in [0.05, 0.1) is 12.1 Å². The van der Waals surface area contributed by atoms with Crippen LogP contribution in [-0.4, -0.2) is 50.0 Å². The Balaban J connectivity index is 1.50. The van der Waals surface area contributed by atoms with Crippen LogP contribution in [0.4, 0.5) is 4.79 Å². The van der Waals surface area contributed by atoms with Crippen LogP contribution >= 0.6 is 0 Å². The number of hydrogen-bond donors (Lipinski definition) is 4. The number of hydrogen-bond acceptors (Lipinski definition) is 5. The van der Waals surface area contributed by atoms with E-state index in [1.54, 1.807) is 12.1 Å². The molecular weight excluding hydrogens is 552 g/mol. The second-order valence-corrected chi connectivity index (χ2v) is 11.1. The molecule has 1 heterocycles. The molecular formula is C35H38N6O3. The van der Waals surface area contributed by atoms with Crippen LogP contribution in [-0.2, 0) is 25.9 Å². The van der Waals surface area contributed by atoms with E-state index in [1.807, 2.05) is 82.6 Å². The summed E-state index contributed by atoms with van der Waals surface area (Å²) < 4.78 is 0. The summed E-state index contributed by atoms with van der Waals surface area (Å²) in [4.78, 5) is 18.3. The molecule has 1 aliphatic rings. The summed E-state index contributed by atoms with van der Waals surface area (Å²) in [5.74, 6) is 0.0429. The number of nitrogens with two attached hydrogens (primary N) is 2. The van der Waals surface area contributed by atoms with Crippen molar-refractivity contribution in [2.45, 2.75) is 50.9 Å². The highest BCUT2D eigenvalue weighted by Gasteiger charge is 2.44. The summed E-state index contributed by atoms with van der Waals surface area (Å²) in [6.45, 7) is 0.765. The first kappa shape index (κ1) is 30.2. The lowest BCUT2D eigenvalue weighted by Crippen LogP contribution is -2.38. The first-order valence-corrected chi connectivity index (χ1v) is 14.8. The van der Waals surface area contributed by atoms with Crippen LogP contribution in [0, 0.1) is 0 Å². The molecule has 4 aromatic rings. The standard InChI is InChI=1S/C35H38N6O3/c36-33(38-43)29-15-7-13-27(21-29)23-40-31(19-17-25-9-3-1-4-10-25)32(20-18-26-11-5-2-6-12-26)41(35(40)42)24-28-14-8-16-30(22-28)34(37)39-44/h1-16,21-22,31-32,43-44H,17-20,23-24H2,(H2,36,38)(H2,37,39)/t31-,32-/m1/s1. The van der Waals surface area contributed by atoms with E-state index in [9.17, 15) is 15.2 Å². The molecule has 1 fully saturated rings. The number of aryl methyl sites for hydroxylation is 2. The number of benzene rings is 4. The summed E-state index contributed by atoms with van der Waals surface area (Å²) in [7, 11) is 0. The molecule has 4 aromatic carbocycles. The van der Waals surface area contributed by atoms with E-state index in [-0.39, 0.29) is 29.8 Å². The molecule has 2 atom stereocenters. The van der Waals surface area contributed by atoms with Gasteiger partial charge in [-0.2, -0.15) is 0 Å². The summed E-state index contributed by atoms with van der Waals surface area (Å²) in [5, 5.41) is 24.7. The monoisotopic (exact) mass is 590 g/mol. The van der Waals surface area contributed by atoms with Crippen molar-refractivity contribution in [1.82, 2.24) is 9.80 Å². The van der Waals surface area contributed by atoms with Crippen LogP contribution in [0.15, 0.2) is 120 Å². The van der Waals surface area contributed by atoms with Gasteiger partial charge in [0.25, 0.3) is 0 Å². The SMILES string of the molecule is N/C(=N\O)c1cccc(CN2C(=O)N(Cc3cccc(/C(N)=N\O)c3)[C@H](CCc3ccccc3)[C@H]2CCc2ccccc2)c1. The molecule has 0 spiro atoms. The van der Waals surface area contributed by atoms with Crippen molar-refractivity contribution in [2.24, 2.45) is 21.8 Å². The van der Waals surface area contributed by atoms with E-state index in [0.29, 0.717) is 24.2 Å². The van der Waals surface area contributed by atoms with Crippen molar-refractivity contribution in [3.8, 4) is 0 Å². The molecule has 5 rings (SSSR count). The average Bonchev–Trinajstić information content (AvgIpc) is 3.31. The highest BCUT2D eigenvalue weighted by molar-refractivity contribution is 5.97. The lowest BCUT2D eigenvalue weighted by Gasteiger charge is -2.29. The number of oxime groups is 2. The molecule has 0 aliphatic carbocycles. The number of nitrogens with zero attached hydrogens (tertiary/aromatic N) is 4. The van der Waals surface area contributed by atoms with Crippen LogP contribution in [0.2, 0.25) is 0 Å². The molecule has 9 heteroatoms. The Bertz CT molecular complexity index is 1490. The van der Waals surface area contributed by atoms with Crippen LogP contribution in [0.1, 0.15) is 46.2 Å². The highest BCUT2D eigenvalue weighted by Crippen LogP contribution is 2.33. The zero-order valence-corrected chi connectivity index (χ0v) is 24.5. The van der Waals surface area contributed by atoms with Gasteiger partial charge >= 0.3 is 6.03 Å². The van der Waals surface area contributed by atoms with E-state index in [1.165, 1.54) is 11.1 Å².